The lowest BCUT2D eigenvalue weighted by atomic mass is 10.2. The lowest BCUT2D eigenvalue weighted by Crippen LogP contribution is -2.13. The van der Waals surface area contributed by atoms with Crippen molar-refractivity contribution in [1.82, 2.24) is 10.3 Å². The largest absolute Gasteiger partial charge is 0.312 e. The molecule has 1 N–H and O–H groups in total. The number of aromatic nitrogens is 1. The molecule has 0 bridgehead atoms. The van der Waals surface area contributed by atoms with Gasteiger partial charge in [0.1, 0.15) is 0 Å². The molecule has 1 aromatic heterocycles. The molecule has 0 spiro atoms. The molecule has 1 rings (SSSR count). The van der Waals surface area contributed by atoms with E-state index in [1.165, 1.54) is 0 Å². The quantitative estimate of drug-likeness (QED) is 0.736. The van der Waals surface area contributed by atoms with Crippen LogP contribution in [0.25, 0.3) is 0 Å². The summed E-state index contributed by atoms with van der Waals surface area (Å²) in [4.78, 5) is 4.19. The molecule has 0 amide bonds. The third-order valence-corrected chi connectivity index (χ3v) is 1.56. The van der Waals surface area contributed by atoms with E-state index in [0.717, 1.165) is 5.69 Å². The molecule has 0 radical (unpaired) electrons. The Morgan fingerprint density at radius 1 is 1.45 bits per heavy atom. The van der Waals surface area contributed by atoms with Gasteiger partial charge in [-0.3, -0.25) is 4.98 Å². The Morgan fingerprint density at radius 3 is 2.64 bits per heavy atom. The predicted octanol–water partition coefficient (Wildman–Crippen LogP) is 1.78. The zero-order valence-electron chi connectivity index (χ0n) is 6.74. The lowest BCUT2D eigenvalue weighted by molar-refractivity contribution is 0.633. The summed E-state index contributed by atoms with van der Waals surface area (Å²) in [5.41, 5.74) is 1.09. The van der Waals surface area contributed by atoms with Gasteiger partial charge in [-0.05, 0) is 26.1 Å². The second-order valence-corrected chi connectivity index (χ2v) is 2.26. The van der Waals surface area contributed by atoms with Crippen molar-refractivity contribution in [1.29, 1.82) is 0 Å². The van der Waals surface area contributed by atoms with Crippen LogP contribution in [0.2, 0.25) is 0 Å². The average molecular weight is 173 g/mol. The highest BCUT2D eigenvalue weighted by atomic mass is 35.5. The molecule has 0 saturated carbocycles. The highest BCUT2D eigenvalue weighted by molar-refractivity contribution is 5.85. The Morgan fingerprint density at radius 2 is 2.18 bits per heavy atom. The molecule has 1 heterocycles. The number of pyridine rings is 1. The first-order valence-corrected chi connectivity index (χ1v) is 3.43. The minimum absolute atomic E-state index is 0. The molecular formula is C8H13ClN2. The molecular weight excluding hydrogens is 160 g/mol. The van der Waals surface area contributed by atoms with Crippen LogP contribution in [-0.4, -0.2) is 12.0 Å². The monoisotopic (exact) mass is 172 g/mol. The number of nitrogens with one attached hydrogen (secondary N) is 1. The van der Waals surface area contributed by atoms with Crippen molar-refractivity contribution >= 4 is 12.4 Å². The summed E-state index contributed by atoms with van der Waals surface area (Å²) in [6.45, 7) is 2.09. The van der Waals surface area contributed by atoms with Crippen LogP contribution < -0.4 is 5.32 Å². The fraction of sp³-hybridized carbons (Fsp3) is 0.375. The third-order valence-electron chi connectivity index (χ3n) is 1.56. The van der Waals surface area contributed by atoms with Gasteiger partial charge >= 0.3 is 0 Å². The van der Waals surface area contributed by atoms with E-state index in [9.17, 15) is 0 Å². The maximum absolute atomic E-state index is 4.19. The molecule has 0 aliphatic heterocycles. The van der Waals surface area contributed by atoms with Gasteiger partial charge in [-0.2, -0.15) is 0 Å². The highest BCUT2D eigenvalue weighted by Crippen LogP contribution is 2.05. The zero-order chi connectivity index (χ0) is 7.40. The molecule has 0 aliphatic rings. The van der Waals surface area contributed by atoms with Crippen molar-refractivity contribution in [2.45, 2.75) is 13.0 Å². The standard InChI is InChI=1S/C8H12N2.ClH/c1-7(9-2)8-5-3-4-6-10-8;/h3-7,9H,1-2H3;1H. The van der Waals surface area contributed by atoms with Crippen LogP contribution in [0.1, 0.15) is 18.7 Å². The molecule has 0 saturated heterocycles. The molecule has 2 nitrogen and oxygen atoms in total. The van der Waals surface area contributed by atoms with Gasteiger partial charge in [-0.1, -0.05) is 6.07 Å². The van der Waals surface area contributed by atoms with Crippen molar-refractivity contribution in [3.8, 4) is 0 Å². The lowest BCUT2D eigenvalue weighted by Gasteiger charge is -2.07. The van der Waals surface area contributed by atoms with E-state index in [0.29, 0.717) is 6.04 Å². The first-order chi connectivity index (χ1) is 4.84. The minimum atomic E-state index is 0. The van der Waals surface area contributed by atoms with Gasteiger partial charge in [0, 0.05) is 12.2 Å². The Hall–Kier alpha value is -0.600. The number of hydrogen-bond acceptors (Lipinski definition) is 2. The van der Waals surface area contributed by atoms with Gasteiger partial charge < -0.3 is 5.32 Å². The van der Waals surface area contributed by atoms with Crippen LogP contribution in [0.3, 0.4) is 0 Å². The summed E-state index contributed by atoms with van der Waals surface area (Å²) in [5, 5.41) is 3.12. The Balaban J connectivity index is 0.000001000. The van der Waals surface area contributed by atoms with Crippen molar-refractivity contribution in [3.63, 3.8) is 0 Å². The van der Waals surface area contributed by atoms with Gasteiger partial charge in [-0.25, -0.2) is 0 Å². The molecule has 1 atom stereocenters. The van der Waals surface area contributed by atoms with E-state index in [4.69, 9.17) is 0 Å². The topological polar surface area (TPSA) is 24.9 Å². The highest BCUT2D eigenvalue weighted by Gasteiger charge is 1.99. The van der Waals surface area contributed by atoms with Crippen molar-refractivity contribution < 1.29 is 0 Å². The van der Waals surface area contributed by atoms with Crippen LogP contribution in [0.15, 0.2) is 24.4 Å². The number of halogens is 1. The van der Waals surface area contributed by atoms with Crippen LogP contribution >= 0.6 is 12.4 Å². The molecule has 0 fully saturated rings. The average Bonchev–Trinajstić information content (AvgIpc) is 2.05. The summed E-state index contributed by atoms with van der Waals surface area (Å²) < 4.78 is 0. The van der Waals surface area contributed by atoms with Crippen molar-refractivity contribution in [2.24, 2.45) is 0 Å². The fourth-order valence-electron chi connectivity index (χ4n) is 0.780. The molecule has 3 heteroatoms. The zero-order valence-corrected chi connectivity index (χ0v) is 7.56. The Bertz CT molecular complexity index is 189. The van der Waals surface area contributed by atoms with Crippen LogP contribution in [0.5, 0.6) is 0 Å². The van der Waals surface area contributed by atoms with E-state index in [1.807, 2.05) is 31.4 Å². The van der Waals surface area contributed by atoms with Gasteiger partial charge in [0.15, 0.2) is 0 Å². The van der Waals surface area contributed by atoms with E-state index < -0.39 is 0 Å². The fourth-order valence-corrected chi connectivity index (χ4v) is 0.780. The first kappa shape index (κ1) is 10.4. The molecule has 1 aromatic rings. The Kier molecular flexibility index (Phi) is 4.83. The number of nitrogens with zero attached hydrogens (tertiary/aromatic N) is 1. The normalized spacial score (nSPS) is 11.8. The van der Waals surface area contributed by atoms with E-state index in [-0.39, 0.29) is 12.4 Å². The smallest absolute Gasteiger partial charge is 0.0570 e. The summed E-state index contributed by atoms with van der Waals surface area (Å²) in [7, 11) is 1.93. The Labute approximate surface area is 73.4 Å². The van der Waals surface area contributed by atoms with Gasteiger partial charge in [-0.15, -0.1) is 12.4 Å². The molecule has 1 unspecified atom stereocenters. The van der Waals surface area contributed by atoms with E-state index >= 15 is 0 Å². The molecule has 62 valence electrons. The molecule has 0 aromatic carbocycles. The van der Waals surface area contributed by atoms with Crippen molar-refractivity contribution in [3.05, 3.63) is 30.1 Å². The summed E-state index contributed by atoms with van der Waals surface area (Å²) in [5.74, 6) is 0. The maximum Gasteiger partial charge on any atom is 0.0570 e. The van der Waals surface area contributed by atoms with Crippen LogP contribution in [0.4, 0.5) is 0 Å². The van der Waals surface area contributed by atoms with E-state index in [1.54, 1.807) is 0 Å². The summed E-state index contributed by atoms with van der Waals surface area (Å²) >= 11 is 0. The second-order valence-electron chi connectivity index (χ2n) is 2.26. The minimum Gasteiger partial charge on any atom is -0.312 e. The number of rotatable bonds is 2. The van der Waals surface area contributed by atoms with Gasteiger partial charge in [0.2, 0.25) is 0 Å². The molecule has 0 aliphatic carbocycles. The summed E-state index contributed by atoms with van der Waals surface area (Å²) in [6, 6.07) is 6.28. The van der Waals surface area contributed by atoms with Gasteiger partial charge in [0.25, 0.3) is 0 Å². The second kappa shape index (κ2) is 5.10. The maximum atomic E-state index is 4.19. The van der Waals surface area contributed by atoms with E-state index in [2.05, 4.69) is 17.2 Å². The molecule has 11 heavy (non-hydrogen) atoms. The summed E-state index contributed by atoms with van der Waals surface area (Å²) in [6.07, 6.45) is 1.81. The first-order valence-electron chi connectivity index (χ1n) is 3.43. The van der Waals surface area contributed by atoms with Crippen LogP contribution in [0, 0.1) is 0 Å². The SMILES string of the molecule is CNC(C)c1ccccn1.Cl. The third kappa shape index (κ3) is 2.87. The van der Waals surface area contributed by atoms with Gasteiger partial charge in [0.05, 0.1) is 5.69 Å². The predicted molar refractivity (Wildman–Crippen MR) is 49.0 cm³/mol. The number of hydrogen-bond donors (Lipinski definition) is 1. The van der Waals surface area contributed by atoms with Crippen LogP contribution in [-0.2, 0) is 0 Å². The van der Waals surface area contributed by atoms with Crippen molar-refractivity contribution in [2.75, 3.05) is 7.05 Å².